The number of rotatable bonds is 5. The molecule has 0 saturated carbocycles. The van der Waals surface area contributed by atoms with Crippen LogP contribution in [0, 0.1) is 0 Å². The van der Waals surface area contributed by atoms with Crippen molar-refractivity contribution >= 4 is 17.5 Å². The van der Waals surface area contributed by atoms with Gasteiger partial charge in [0.1, 0.15) is 6.04 Å². The number of hydrogen-bond donors (Lipinski definition) is 1. The molecule has 1 aliphatic rings. The Balaban J connectivity index is 1.96. The zero-order valence-corrected chi connectivity index (χ0v) is 14.6. The normalized spacial score (nSPS) is 20.1. The van der Waals surface area contributed by atoms with Gasteiger partial charge in [0.25, 0.3) is 0 Å². The van der Waals surface area contributed by atoms with Gasteiger partial charge in [-0.3, -0.25) is 9.48 Å². The molecule has 1 atom stereocenters. The average molecular weight is 328 g/mol. The highest BCUT2D eigenvalue weighted by Gasteiger charge is 2.36. The van der Waals surface area contributed by atoms with Crippen LogP contribution in [0.25, 0.3) is 0 Å². The highest BCUT2D eigenvalue weighted by atomic mass is 35.5. The summed E-state index contributed by atoms with van der Waals surface area (Å²) in [7, 11) is 6.32. The van der Waals surface area contributed by atoms with E-state index in [2.05, 4.69) is 41.4 Å². The summed E-state index contributed by atoms with van der Waals surface area (Å²) in [6, 6.07) is -0.363. The van der Waals surface area contributed by atoms with Crippen LogP contribution in [0.1, 0.15) is 25.8 Å². The average Bonchev–Trinajstić information content (AvgIpc) is 2.92. The molecule has 1 aromatic heterocycles. The summed E-state index contributed by atoms with van der Waals surface area (Å²) in [6.07, 6.45) is 5.32. The fourth-order valence-electron chi connectivity index (χ4n) is 2.86. The second-order valence-electron chi connectivity index (χ2n) is 6.45. The van der Waals surface area contributed by atoms with E-state index in [1.54, 1.807) is 17.1 Å². The fraction of sp³-hybridized carbons (Fsp3) is 0.733. The van der Waals surface area contributed by atoms with Crippen molar-refractivity contribution in [3.05, 3.63) is 17.4 Å². The van der Waals surface area contributed by atoms with Crippen molar-refractivity contribution in [2.75, 3.05) is 40.8 Å². The Labute approximate surface area is 137 Å². The maximum Gasteiger partial charge on any atom is 0.244 e. The number of nitrogens with zero attached hydrogens (tertiary/aromatic N) is 4. The van der Waals surface area contributed by atoms with Crippen LogP contribution in [-0.2, 0) is 4.79 Å². The highest BCUT2D eigenvalue weighted by Crippen LogP contribution is 2.26. The predicted octanol–water partition coefficient (Wildman–Crippen LogP) is 1.24. The highest BCUT2D eigenvalue weighted by molar-refractivity contribution is 6.30. The van der Waals surface area contributed by atoms with Gasteiger partial charge in [0.15, 0.2) is 0 Å². The largest absolute Gasteiger partial charge is 0.352 e. The van der Waals surface area contributed by atoms with Gasteiger partial charge in [0, 0.05) is 18.3 Å². The lowest BCUT2D eigenvalue weighted by molar-refractivity contribution is -0.125. The van der Waals surface area contributed by atoms with E-state index in [1.165, 1.54) is 0 Å². The summed E-state index contributed by atoms with van der Waals surface area (Å²) in [5, 5.41) is 7.74. The van der Waals surface area contributed by atoms with Crippen LogP contribution in [-0.4, -0.2) is 71.8 Å². The monoisotopic (exact) mass is 327 g/mol. The van der Waals surface area contributed by atoms with Crippen molar-refractivity contribution < 1.29 is 4.79 Å². The number of nitrogens with one attached hydrogen (secondary N) is 1. The van der Waals surface area contributed by atoms with Crippen LogP contribution in [0.15, 0.2) is 12.4 Å². The van der Waals surface area contributed by atoms with E-state index in [4.69, 9.17) is 11.6 Å². The third-order valence-electron chi connectivity index (χ3n) is 4.80. The van der Waals surface area contributed by atoms with E-state index < -0.39 is 0 Å². The lowest BCUT2D eigenvalue weighted by Crippen LogP contribution is -2.58. The molecule has 0 radical (unpaired) electrons. The number of amides is 1. The summed E-state index contributed by atoms with van der Waals surface area (Å²) in [5.74, 6) is -0.0279. The van der Waals surface area contributed by atoms with Gasteiger partial charge >= 0.3 is 0 Å². The van der Waals surface area contributed by atoms with Crippen molar-refractivity contribution in [1.82, 2.24) is 24.9 Å². The summed E-state index contributed by atoms with van der Waals surface area (Å²) in [4.78, 5) is 17.0. The van der Waals surface area contributed by atoms with Crippen molar-refractivity contribution in [3.63, 3.8) is 0 Å². The smallest absolute Gasteiger partial charge is 0.244 e. The molecule has 0 bridgehead atoms. The minimum atomic E-state index is -0.363. The van der Waals surface area contributed by atoms with E-state index in [1.807, 2.05) is 6.92 Å². The molecule has 124 valence electrons. The first-order valence-corrected chi connectivity index (χ1v) is 8.05. The zero-order valence-electron chi connectivity index (χ0n) is 13.8. The van der Waals surface area contributed by atoms with Gasteiger partial charge in [0.05, 0.1) is 11.2 Å². The van der Waals surface area contributed by atoms with Gasteiger partial charge in [0.2, 0.25) is 5.91 Å². The van der Waals surface area contributed by atoms with E-state index in [0.717, 1.165) is 25.9 Å². The maximum absolute atomic E-state index is 12.4. The molecule has 1 fully saturated rings. The molecule has 7 heteroatoms. The summed E-state index contributed by atoms with van der Waals surface area (Å²) >= 11 is 5.86. The van der Waals surface area contributed by atoms with E-state index in [0.29, 0.717) is 11.6 Å². The van der Waals surface area contributed by atoms with Crippen molar-refractivity contribution in [2.24, 2.45) is 0 Å². The minimum Gasteiger partial charge on any atom is -0.352 e. The fourth-order valence-corrected chi connectivity index (χ4v) is 3.01. The third-order valence-corrected chi connectivity index (χ3v) is 5.00. The van der Waals surface area contributed by atoms with Crippen molar-refractivity contribution in [2.45, 2.75) is 31.3 Å². The molecule has 1 saturated heterocycles. The minimum absolute atomic E-state index is 0.0279. The summed E-state index contributed by atoms with van der Waals surface area (Å²) in [6.45, 7) is 4.60. The first kappa shape index (κ1) is 17.2. The Morgan fingerprint density at radius 3 is 2.64 bits per heavy atom. The van der Waals surface area contributed by atoms with Gasteiger partial charge in [-0.2, -0.15) is 5.10 Å². The molecule has 1 N–H and O–H groups in total. The molecule has 0 unspecified atom stereocenters. The third kappa shape index (κ3) is 3.80. The molecule has 0 spiro atoms. The Kier molecular flexibility index (Phi) is 5.47. The van der Waals surface area contributed by atoms with Crippen LogP contribution in [0.3, 0.4) is 0 Å². The molecule has 1 aromatic rings. The van der Waals surface area contributed by atoms with Crippen LogP contribution < -0.4 is 5.32 Å². The van der Waals surface area contributed by atoms with Gasteiger partial charge < -0.3 is 15.1 Å². The quantitative estimate of drug-likeness (QED) is 0.884. The Hall–Kier alpha value is -1.11. The lowest BCUT2D eigenvalue weighted by atomic mass is 9.86. The van der Waals surface area contributed by atoms with Crippen LogP contribution in [0.2, 0.25) is 5.02 Å². The first-order valence-electron chi connectivity index (χ1n) is 7.67. The molecule has 2 heterocycles. The number of hydrogen-bond acceptors (Lipinski definition) is 4. The van der Waals surface area contributed by atoms with Crippen molar-refractivity contribution in [3.8, 4) is 0 Å². The van der Waals surface area contributed by atoms with E-state index >= 15 is 0 Å². The molecule has 1 aliphatic heterocycles. The van der Waals surface area contributed by atoms with Gasteiger partial charge in [-0.25, -0.2) is 0 Å². The van der Waals surface area contributed by atoms with Gasteiger partial charge in [-0.1, -0.05) is 11.6 Å². The number of likely N-dealkylation sites (N-methyl/N-ethyl adjacent to an activating group) is 1. The molecule has 0 aliphatic carbocycles. The van der Waals surface area contributed by atoms with Crippen LogP contribution in [0.4, 0.5) is 0 Å². The Morgan fingerprint density at radius 2 is 2.14 bits per heavy atom. The molecule has 2 rings (SSSR count). The van der Waals surface area contributed by atoms with Crippen LogP contribution >= 0.6 is 11.6 Å². The number of halogens is 1. The number of carbonyl (C=O) groups excluding carboxylic acids is 1. The molecular formula is C15H26ClN5O. The van der Waals surface area contributed by atoms with E-state index in [9.17, 15) is 4.79 Å². The van der Waals surface area contributed by atoms with Gasteiger partial charge in [-0.05, 0) is 54.0 Å². The number of aromatic nitrogens is 2. The predicted molar refractivity (Wildman–Crippen MR) is 88.1 cm³/mol. The molecule has 1 amide bonds. The molecular weight excluding hydrogens is 302 g/mol. The number of likely N-dealkylation sites (tertiary alicyclic amines) is 1. The van der Waals surface area contributed by atoms with E-state index in [-0.39, 0.29) is 17.5 Å². The Morgan fingerprint density at radius 1 is 1.50 bits per heavy atom. The summed E-state index contributed by atoms with van der Waals surface area (Å²) < 4.78 is 1.59. The van der Waals surface area contributed by atoms with Gasteiger partial charge in [-0.15, -0.1) is 0 Å². The number of piperidine rings is 1. The topological polar surface area (TPSA) is 53.4 Å². The van der Waals surface area contributed by atoms with Crippen molar-refractivity contribution in [1.29, 1.82) is 0 Å². The van der Waals surface area contributed by atoms with Crippen LogP contribution in [0.5, 0.6) is 0 Å². The molecule has 6 nitrogen and oxygen atoms in total. The SMILES string of the molecule is C[C@@H](C(=O)NCC1(N(C)C)CCN(C)CC1)n1cc(Cl)cn1. The second kappa shape index (κ2) is 6.98. The summed E-state index contributed by atoms with van der Waals surface area (Å²) in [5.41, 5.74) is 0.0314. The zero-order chi connectivity index (χ0) is 16.3. The Bertz CT molecular complexity index is 508. The maximum atomic E-state index is 12.4. The lowest BCUT2D eigenvalue weighted by Gasteiger charge is -2.45. The standard InChI is InChI=1S/C15H26ClN5O/c1-12(21-10-13(16)9-18-21)14(22)17-11-15(19(2)3)5-7-20(4)8-6-15/h9-10,12H,5-8,11H2,1-4H3,(H,17,22)/t12-/m0/s1. The number of carbonyl (C=O) groups is 1. The molecule has 22 heavy (non-hydrogen) atoms. The molecule has 0 aromatic carbocycles. The second-order valence-corrected chi connectivity index (χ2v) is 6.89. The first-order chi connectivity index (χ1) is 10.3.